The lowest BCUT2D eigenvalue weighted by Crippen LogP contribution is -2.47. The van der Waals surface area contributed by atoms with Crippen LogP contribution in [-0.4, -0.2) is 31.1 Å². The van der Waals surface area contributed by atoms with Gasteiger partial charge >= 0.3 is 0 Å². The summed E-state index contributed by atoms with van der Waals surface area (Å²) < 4.78 is 26.3. The zero-order valence-corrected chi connectivity index (χ0v) is 11.2. The number of carbonyl (C=O) groups excluding carboxylic acids is 1. The number of piperidine rings is 1. The van der Waals surface area contributed by atoms with Crippen LogP contribution in [0.2, 0.25) is 0 Å². The Morgan fingerprint density at radius 3 is 2.50 bits per heavy atom. The van der Waals surface area contributed by atoms with Crippen molar-refractivity contribution in [2.75, 3.05) is 6.54 Å². The van der Waals surface area contributed by atoms with Crippen molar-refractivity contribution in [3.63, 3.8) is 0 Å². The molecule has 1 aromatic carbocycles. The number of Topliss-reactive ketones (excluding diaryl/α,β-unsaturated/α-hetero) is 1. The summed E-state index contributed by atoms with van der Waals surface area (Å²) in [6, 6.07) is 7.81. The van der Waals surface area contributed by atoms with Crippen LogP contribution in [0.1, 0.15) is 26.2 Å². The summed E-state index contributed by atoms with van der Waals surface area (Å²) in [6.45, 7) is 1.89. The minimum absolute atomic E-state index is 0.0748. The molecule has 1 saturated heterocycles. The monoisotopic (exact) mass is 267 g/mol. The molecule has 1 heterocycles. The second-order valence-corrected chi connectivity index (χ2v) is 6.44. The standard InChI is InChI=1S/C13H17NO3S/c1-11(15)13-9-5-6-10-14(13)18(16,17)12-7-3-2-4-8-12/h2-4,7-8,13H,5-6,9-10H2,1H3/t13-/m0/s1. The molecule has 5 heteroatoms. The van der Waals surface area contributed by atoms with Gasteiger partial charge in [0, 0.05) is 6.54 Å². The topological polar surface area (TPSA) is 54.5 Å². The quantitative estimate of drug-likeness (QED) is 0.839. The third-order valence-corrected chi connectivity index (χ3v) is 5.20. The van der Waals surface area contributed by atoms with Crippen LogP contribution in [0.3, 0.4) is 0 Å². The van der Waals surface area contributed by atoms with Crippen molar-refractivity contribution in [3.8, 4) is 0 Å². The smallest absolute Gasteiger partial charge is 0.243 e. The van der Waals surface area contributed by atoms with Gasteiger partial charge in [-0.25, -0.2) is 8.42 Å². The highest BCUT2D eigenvalue weighted by molar-refractivity contribution is 7.89. The summed E-state index contributed by atoms with van der Waals surface area (Å²) in [6.07, 6.45) is 2.35. The second kappa shape index (κ2) is 5.20. The SMILES string of the molecule is CC(=O)[C@@H]1CCCCN1S(=O)(=O)c1ccccc1. The van der Waals surface area contributed by atoms with Gasteiger partial charge < -0.3 is 0 Å². The Morgan fingerprint density at radius 1 is 1.22 bits per heavy atom. The molecule has 0 N–H and O–H groups in total. The molecule has 0 amide bonds. The first kappa shape index (κ1) is 13.2. The molecule has 98 valence electrons. The largest absolute Gasteiger partial charge is 0.298 e. The van der Waals surface area contributed by atoms with E-state index in [9.17, 15) is 13.2 Å². The maximum Gasteiger partial charge on any atom is 0.243 e. The Morgan fingerprint density at radius 2 is 1.89 bits per heavy atom. The molecule has 1 aliphatic rings. The maximum absolute atomic E-state index is 12.5. The van der Waals surface area contributed by atoms with Gasteiger partial charge in [-0.2, -0.15) is 4.31 Å². The molecule has 4 nitrogen and oxygen atoms in total. The molecule has 1 aliphatic heterocycles. The zero-order valence-electron chi connectivity index (χ0n) is 10.4. The van der Waals surface area contributed by atoms with Gasteiger partial charge in [-0.05, 0) is 31.9 Å². The summed E-state index contributed by atoms with van der Waals surface area (Å²) in [4.78, 5) is 11.8. The predicted molar refractivity (Wildman–Crippen MR) is 68.7 cm³/mol. The Labute approximate surface area is 108 Å². The van der Waals surface area contributed by atoms with Crippen molar-refractivity contribution in [1.82, 2.24) is 4.31 Å². The van der Waals surface area contributed by atoms with Gasteiger partial charge in [0.05, 0.1) is 10.9 Å². The predicted octanol–water partition coefficient (Wildman–Crippen LogP) is 1.82. The fourth-order valence-corrected chi connectivity index (χ4v) is 4.06. The van der Waals surface area contributed by atoms with Crippen LogP contribution in [0.15, 0.2) is 35.2 Å². The van der Waals surface area contributed by atoms with Crippen LogP contribution in [0, 0.1) is 0 Å². The molecular formula is C13H17NO3S. The number of carbonyl (C=O) groups is 1. The van der Waals surface area contributed by atoms with Gasteiger partial charge in [-0.15, -0.1) is 0 Å². The van der Waals surface area contributed by atoms with Crippen LogP contribution in [0.4, 0.5) is 0 Å². The number of hydrogen-bond donors (Lipinski definition) is 0. The third-order valence-electron chi connectivity index (χ3n) is 3.27. The molecule has 0 unspecified atom stereocenters. The summed E-state index contributed by atoms with van der Waals surface area (Å²) in [5.74, 6) is -0.0748. The molecule has 0 bridgehead atoms. The summed E-state index contributed by atoms with van der Waals surface area (Å²) in [5, 5.41) is 0. The van der Waals surface area contributed by atoms with Crippen molar-refractivity contribution in [2.24, 2.45) is 0 Å². The Hall–Kier alpha value is -1.20. The van der Waals surface area contributed by atoms with E-state index >= 15 is 0 Å². The fourth-order valence-electron chi connectivity index (χ4n) is 2.33. The normalized spacial score (nSPS) is 21.7. The van der Waals surface area contributed by atoms with Crippen molar-refractivity contribution < 1.29 is 13.2 Å². The van der Waals surface area contributed by atoms with E-state index in [1.54, 1.807) is 30.3 Å². The third kappa shape index (κ3) is 2.47. The number of nitrogens with zero attached hydrogens (tertiary/aromatic N) is 1. The molecule has 0 spiro atoms. The zero-order chi connectivity index (χ0) is 13.2. The van der Waals surface area contributed by atoms with Gasteiger partial charge in [0.1, 0.15) is 5.78 Å². The van der Waals surface area contributed by atoms with Crippen LogP contribution in [0.5, 0.6) is 0 Å². The highest BCUT2D eigenvalue weighted by Gasteiger charge is 2.35. The first-order valence-corrected chi connectivity index (χ1v) is 7.55. The van der Waals surface area contributed by atoms with Crippen LogP contribution in [0.25, 0.3) is 0 Å². The van der Waals surface area contributed by atoms with Gasteiger partial charge in [-0.3, -0.25) is 4.79 Å². The van der Waals surface area contributed by atoms with E-state index < -0.39 is 16.1 Å². The minimum atomic E-state index is -3.54. The van der Waals surface area contributed by atoms with Crippen LogP contribution in [-0.2, 0) is 14.8 Å². The van der Waals surface area contributed by atoms with E-state index in [4.69, 9.17) is 0 Å². The molecule has 0 aromatic heterocycles. The lowest BCUT2D eigenvalue weighted by Gasteiger charge is -2.32. The van der Waals surface area contributed by atoms with E-state index in [1.165, 1.54) is 11.2 Å². The molecule has 1 fully saturated rings. The van der Waals surface area contributed by atoms with Gasteiger partial charge in [0.15, 0.2) is 0 Å². The van der Waals surface area contributed by atoms with Gasteiger partial charge in [0.25, 0.3) is 0 Å². The Bertz CT molecular complexity index is 524. The summed E-state index contributed by atoms with van der Waals surface area (Å²) in [7, 11) is -3.54. The first-order valence-electron chi connectivity index (χ1n) is 6.11. The number of sulfonamides is 1. The summed E-state index contributed by atoms with van der Waals surface area (Å²) in [5.41, 5.74) is 0. The lowest BCUT2D eigenvalue weighted by atomic mass is 10.0. The highest BCUT2D eigenvalue weighted by atomic mass is 32.2. The second-order valence-electron chi connectivity index (χ2n) is 4.55. The molecular weight excluding hydrogens is 250 g/mol. The van der Waals surface area contributed by atoms with E-state index in [-0.39, 0.29) is 10.7 Å². The van der Waals surface area contributed by atoms with Crippen molar-refractivity contribution in [2.45, 2.75) is 37.1 Å². The maximum atomic E-state index is 12.5. The molecule has 0 saturated carbocycles. The summed E-state index contributed by atoms with van der Waals surface area (Å²) >= 11 is 0. The Kier molecular flexibility index (Phi) is 3.82. The lowest BCUT2D eigenvalue weighted by molar-refractivity contribution is -0.121. The van der Waals surface area contributed by atoms with E-state index in [1.807, 2.05) is 0 Å². The molecule has 0 radical (unpaired) electrons. The van der Waals surface area contributed by atoms with Gasteiger partial charge in [0.2, 0.25) is 10.0 Å². The van der Waals surface area contributed by atoms with Crippen LogP contribution < -0.4 is 0 Å². The average Bonchev–Trinajstić information content (AvgIpc) is 2.39. The van der Waals surface area contributed by atoms with Crippen LogP contribution >= 0.6 is 0 Å². The molecule has 1 atom stereocenters. The fraction of sp³-hybridized carbons (Fsp3) is 0.462. The number of ketones is 1. The molecule has 18 heavy (non-hydrogen) atoms. The van der Waals surface area contributed by atoms with E-state index in [0.717, 1.165) is 12.8 Å². The minimum Gasteiger partial charge on any atom is -0.298 e. The highest BCUT2D eigenvalue weighted by Crippen LogP contribution is 2.25. The van der Waals surface area contributed by atoms with Crippen molar-refractivity contribution in [3.05, 3.63) is 30.3 Å². The Balaban J connectivity index is 2.36. The number of rotatable bonds is 3. The average molecular weight is 267 g/mol. The van der Waals surface area contributed by atoms with Crippen molar-refractivity contribution >= 4 is 15.8 Å². The van der Waals surface area contributed by atoms with Crippen molar-refractivity contribution in [1.29, 1.82) is 0 Å². The van der Waals surface area contributed by atoms with E-state index in [2.05, 4.69) is 0 Å². The van der Waals surface area contributed by atoms with Gasteiger partial charge in [-0.1, -0.05) is 24.6 Å². The molecule has 1 aromatic rings. The molecule has 2 rings (SSSR count). The number of benzene rings is 1. The number of hydrogen-bond acceptors (Lipinski definition) is 3. The first-order chi connectivity index (χ1) is 8.53. The molecule has 0 aliphatic carbocycles. The van der Waals surface area contributed by atoms with E-state index in [0.29, 0.717) is 13.0 Å².